The smallest absolute Gasteiger partial charge is 0.261 e. The highest BCUT2D eigenvalue weighted by Gasteiger charge is 2.41. The van der Waals surface area contributed by atoms with E-state index in [1.54, 1.807) is 19.1 Å². The van der Waals surface area contributed by atoms with Crippen LogP contribution in [0.2, 0.25) is 0 Å². The Hall–Kier alpha value is -3.46. The lowest BCUT2D eigenvalue weighted by Crippen LogP contribution is -2.43. The monoisotopic (exact) mass is 411 g/mol. The van der Waals surface area contributed by atoms with Crippen LogP contribution in [0.15, 0.2) is 60.2 Å². The minimum absolute atomic E-state index is 0.164. The molecule has 0 unspecified atom stereocenters. The molecule has 0 amide bonds. The summed E-state index contributed by atoms with van der Waals surface area (Å²) >= 11 is 0. The number of halogens is 2. The Morgan fingerprint density at radius 1 is 1.20 bits per heavy atom. The molecule has 2 atom stereocenters. The van der Waals surface area contributed by atoms with Crippen LogP contribution in [0.25, 0.3) is 10.9 Å². The minimum Gasteiger partial charge on any atom is -0.381 e. The molecule has 7 nitrogen and oxygen atoms in total. The van der Waals surface area contributed by atoms with E-state index < -0.39 is 23.3 Å². The number of fused-ring (bicyclic) bond motifs is 1. The molecule has 154 valence electrons. The molecule has 4 aromatic rings. The maximum absolute atomic E-state index is 14.7. The summed E-state index contributed by atoms with van der Waals surface area (Å²) in [7, 11) is 0. The summed E-state index contributed by atoms with van der Waals surface area (Å²) in [5.41, 5.74) is -1.10. The Morgan fingerprint density at radius 2 is 2.00 bits per heavy atom. The third kappa shape index (κ3) is 3.26. The van der Waals surface area contributed by atoms with Crippen molar-refractivity contribution in [1.29, 1.82) is 0 Å². The average Bonchev–Trinajstić information content (AvgIpc) is 3.21. The molecular formula is C21H19F2N5O2. The lowest BCUT2D eigenvalue weighted by atomic mass is 9.86. The highest BCUT2D eigenvalue weighted by molar-refractivity contribution is 5.80. The van der Waals surface area contributed by atoms with Gasteiger partial charge in [-0.3, -0.25) is 9.36 Å². The molecule has 2 heterocycles. The van der Waals surface area contributed by atoms with Crippen LogP contribution in [0.3, 0.4) is 0 Å². The van der Waals surface area contributed by atoms with Crippen molar-refractivity contribution in [2.75, 3.05) is 0 Å². The van der Waals surface area contributed by atoms with Gasteiger partial charge in [-0.05, 0) is 31.5 Å². The molecule has 0 aliphatic carbocycles. The van der Waals surface area contributed by atoms with E-state index in [1.807, 2.05) is 13.0 Å². The average molecular weight is 411 g/mol. The molecule has 0 aliphatic heterocycles. The van der Waals surface area contributed by atoms with Gasteiger partial charge in [-0.1, -0.05) is 18.2 Å². The molecule has 0 aliphatic rings. The van der Waals surface area contributed by atoms with Crippen LogP contribution >= 0.6 is 0 Å². The number of nitrogens with zero attached hydrogens (tertiary/aromatic N) is 5. The third-order valence-electron chi connectivity index (χ3n) is 5.39. The number of hydrogen-bond donors (Lipinski definition) is 1. The molecule has 9 heteroatoms. The van der Waals surface area contributed by atoms with Gasteiger partial charge in [0.05, 0.1) is 29.8 Å². The number of rotatable bonds is 5. The molecule has 1 N–H and O–H groups in total. The van der Waals surface area contributed by atoms with Gasteiger partial charge in [0.2, 0.25) is 0 Å². The van der Waals surface area contributed by atoms with Gasteiger partial charge in [0.15, 0.2) is 0 Å². The predicted octanol–water partition coefficient (Wildman–Crippen LogP) is 2.72. The first-order chi connectivity index (χ1) is 14.3. The molecule has 30 heavy (non-hydrogen) atoms. The first-order valence-electron chi connectivity index (χ1n) is 9.28. The van der Waals surface area contributed by atoms with E-state index in [0.29, 0.717) is 17.0 Å². The highest BCUT2D eigenvalue weighted by atomic mass is 19.1. The van der Waals surface area contributed by atoms with Gasteiger partial charge in [-0.2, -0.15) is 5.10 Å². The van der Waals surface area contributed by atoms with Crippen LogP contribution < -0.4 is 5.56 Å². The van der Waals surface area contributed by atoms with Crippen molar-refractivity contribution in [1.82, 2.24) is 24.3 Å². The van der Waals surface area contributed by atoms with Crippen molar-refractivity contribution >= 4 is 10.9 Å². The van der Waals surface area contributed by atoms with Crippen LogP contribution in [0.1, 0.15) is 24.1 Å². The van der Waals surface area contributed by atoms with Crippen molar-refractivity contribution in [2.24, 2.45) is 0 Å². The Bertz CT molecular complexity index is 1270. The zero-order chi connectivity index (χ0) is 21.5. The van der Waals surface area contributed by atoms with Gasteiger partial charge in [0.25, 0.3) is 5.56 Å². The van der Waals surface area contributed by atoms with E-state index in [-0.39, 0.29) is 17.7 Å². The second-order valence-electron chi connectivity index (χ2n) is 7.25. The largest absolute Gasteiger partial charge is 0.381 e. The van der Waals surface area contributed by atoms with Crippen LogP contribution in [-0.4, -0.2) is 29.4 Å². The fourth-order valence-electron chi connectivity index (χ4n) is 3.66. The molecule has 0 saturated carbocycles. The number of aromatic nitrogens is 5. The van der Waals surface area contributed by atoms with Gasteiger partial charge in [-0.25, -0.2) is 23.4 Å². The number of aliphatic hydroxyl groups is 1. The Labute approximate surface area is 170 Å². The van der Waals surface area contributed by atoms with Crippen LogP contribution in [0.4, 0.5) is 8.78 Å². The zero-order valence-electron chi connectivity index (χ0n) is 16.3. The topological polar surface area (TPSA) is 85.8 Å². The first-order valence-corrected chi connectivity index (χ1v) is 9.28. The zero-order valence-corrected chi connectivity index (χ0v) is 16.3. The van der Waals surface area contributed by atoms with E-state index in [2.05, 4.69) is 15.1 Å². The van der Waals surface area contributed by atoms with E-state index in [9.17, 15) is 18.7 Å². The number of benzene rings is 2. The maximum Gasteiger partial charge on any atom is 0.261 e. The summed E-state index contributed by atoms with van der Waals surface area (Å²) in [5, 5.41) is 16.0. The summed E-state index contributed by atoms with van der Waals surface area (Å²) in [5.74, 6) is -1.70. The fraction of sp³-hybridized carbons (Fsp3) is 0.238. The quantitative estimate of drug-likeness (QED) is 0.546. The maximum atomic E-state index is 14.7. The molecule has 4 rings (SSSR count). The summed E-state index contributed by atoms with van der Waals surface area (Å²) in [6, 6.07) is 7.19. The van der Waals surface area contributed by atoms with Crippen molar-refractivity contribution in [3.8, 4) is 0 Å². The molecule has 2 aromatic heterocycles. The molecule has 0 spiro atoms. The van der Waals surface area contributed by atoms with E-state index in [0.717, 1.165) is 11.6 Å². The van der Waals surface area contributed by atoms with Crippen molar-refractivity contribution in [2.45, 2.75) is 32.0 Å². The van der Waals surface area contributed by atoms with Crippen molar-refractivity contribution in [3.63, 3.8) is 0 Å². The van der Waals surface area contributed by atoms with E-state index in [1.165, 1.54) is 34.3 Å². The molecule has 0 saturated heterocycles. The SMILES string of the molecule is Cc1cccc2c(=O)n([C@H](C)[C@](O)(Cn3cncn3)c3ccc(F)cc3F)cnc12. The highest BCUT2D eigenvalue weighted by Crippen LogP contribution is 2.36. The lowest BCUT2D eigenvalue weighted by Gasteiger charge is -2.35. The number of para-hydroxylation sites is 1. The second-order valence-corrected chi connectivity index (χ2v) is 7.25. The van der Waals surface area contributed by atoms with E-state index >= 15 is 0 Å². The van der Waals surface area contributed by atoms with Gasteiger partial charge < -0.3 is 5.11 Å². The van der Waals surface area contributed by atoms with Crippen LogP contribution in [-0.2, 0) is 12.1 Å². The van der Waals surface area contributed by atoms with E-state index in [4.69, 9.17) is 0 Å². The Balaban J connectivity index is 1.90. The minimum atomic E-state index is -1.95. The van der Waals surface area contributed by atoms with Crippen LogP contribution in [0, 0.1) is 18.6 Å². The summed E-state index contributed by atoms with van der Waals surface area (Å²) in [6.45, 7) is 3.21. The van der Waals surface area contributed by atoms with Crippen molar-refractivity contribution < 1.29 is 13.9 Å². The van der Waals surface area contributed by atoms with Crippen LogP contribution in [0.5, 0.6) is 0 Å². The molecule has 0 radical (unpaired) electrons. The summed E-state index contributed by atoms with van der Waals surface area (Å²) in [4.78, 5) is 21.4. The van der Waals surface area contributed by atoms with Crippen molar-refractivity contribution in [3.05, 3.63) is 88.5 Å². The molecular weight excluding hydrogens is 392 g/mol. The Kier molecular flexibility index (Phi) is 4.90. The predicted molar refractivity (Wildman–Crippen MR) is 106 cm³/mol. The van der Waals surface area contributed by atoms with Gasteiger partial charge >= 0.3 is 0 Å². The Morgan fingerprint density at radius 3 is 2.70 bits per heavy atom. The normalized spacial score (nSPS) is 14.6. The summed E-state index contributed by atoms with van der Waals surface area (Å²) in [6.07, 6.45) is 3.97. The fourth-order valence-corrected chi connectivity index (χ4v) is 3.66. The molecule has 0 fully saturated rings. The first kappa shape index (κ1) is 19.8. The number of hydrogen-bond acceptors (Lipinski definition) is 5. The molecule has 2 aromatic carbocycles. The standard InChI is InChI=1S/C21H19F2N5O2/c1-13-4-3-5-16-19(13)25-12-28(20(16)29)14(2)21(30,9-27-11-24-10-26-27)17-7-6-15(22)8-18(17)23/h3-8,10-12,14,30H,9H2,1-2H3/t14-,21-/m1/s1. The third-order valence-corrected chi connectivity index (χ3v) is 5.39. The lowest BCUT2D eigenvalue weighted by molar-refractivity contribution is -0.0343. The summed E-state index contributed by atoms with van der Waals surface area (Å²) < 4.78 is 30.8. The van der Waals surface area contributed by atoms with Gasteiger partial charge in [-0.15, -0.1) is 0 Å². The van der Waals surface area contributed by atoms with Gasteiger partial charge in [0.1, 0.15) is 29.9 Å². The number of aryl methyl sites for hydroxylation is 1. The molecule has 0 bridgehead atoms. The van der Waals surface area contributed by atoms with Gasteiger partial charge in [0, 0.05) is 11.6 Å². The second kappa shape index (κ2) is 7.42.